The Balaban J connectivity index is 2.83. The first-order valence-corrected chi connectivity index (χ1v) is 7.76. The number of hydrogen-bond donors (Lipinski definition) is 0. The van der Waals surface area contributed by atoms with Gasteiger partial charge >= 0.3 is 0 Å². The van der Waals surface area contributed by atoms with E-state index in [0.29, 0.717) is 0 Å². The molecule has 0 saturated carbocycles. The Bertz CT molecular complexity index is 418. The van der Waals surface area contributed by atoms with Gasteiger partial charge in [-0.3, -0.25) is 0 Å². The molecule has 0 aromatic heterocycles. The molecule has 0 spiro atoms. The van der Waals surface area contributed by atoms with E-state index >= 15 is 0 Å². The van der Waals surface area contributed by atoms with E-state index in [1.807, 2.05) is 18.2 Å². The van der Waals surface area contributed by atoms with E-state index in [-0.39, 0.29) is 5.41 Å². The van der Waals surface area contributed by atoms with Gasteiger partial charge in [-0.05, 0) is 72.5 Å². The Morgan fingerprint density at radius 3 is 1.76 bits per heavy atom. The lowest BCUT2D eigenvalue weighted by molar-refractivity contribution is 0.334. The first kappa shape index (κ1) is 17.7. The Morgan fingerprint density at radius 1 is 0.905 bits per heavy atom. The standard InChI is InChI=1S/C18H29N3/c1-20(2)14-8-12-18(16-19,13-9-15-21(3)4)17-10-6-5-7-11-17/h5-7,10-11H,8-9,12-15H2,1-4H3. The van der Waals surface area contributed by atoms with Gasteiger partial charge in [-0.15, -0.1) is 0 Å². The molecule has 0 bridgehead atoms. The third-order valence-electron chi connectivity index (χ3n) is 3.96. The van der Waals surface area contributed by atoms with Crippen LogP contribution in [0.4, 0.5) is 0 Å². The molecule has 3 heteroatoms. The van der Waals surface area contributed by atoms with Crippen molar-refractivity contribution < 1.29 is 0 Å². The number of benzene rings is 1. The van der Waals surface area contributed by atoms with Gasteiger partial charge in [0.1, 0.15) is 0 Å². The van der Waals surface area contributed by atoms with E-state index in [1.165, 1.54) is 5.56 Å². The van der Waals surface area contributed by atoms with Crippen LogP contribution in [0.3, 0.4) is 0 Å². The zero-order valence-corrected chi connectivity index (χ0v) is 14.0. The van der Waals surface area contributed by atoms with Crippen molar-refractivity contribution in [3.63, 3.8) is 0 Å². The molecule has 0 N–H and O–H groups in total. The van der Waals surface area contributed by atoms with E-state index in [1.54, 1.807) is 0 Å². The first-order valence-electron chi connectivity index (χ1n) is 7.76. The van der Waals surface area contributed by atoms with E-state index in [4.69, 9.17) is 0 Å². The summed E-state index contributed by atoms with van der Waals surface area (Å²) in [6.45, 7) is 2.06. The molecule has 0 aliphatic rings. The highest BCUT2D eigenvalue weighted by Gasteiger charge is 2.31. The molecule has 0 aliphatic carbocycles. The fourth-order valence-electron chi connectivity index (χ4n) is 2.74. The van der Waals surface area contributed by atoms with Gasteiger partial charge in [0, 0.05) is 0 Å². The van der Waals surface area contributed by atoms with Crippen LogP contribution in [0.15, 0.2) is 30.3 Å². The second-order valence-electron chi connectivity index (χ2n) is 6.37. The highest BCUT2D eigenvalue weighted by atomic mass is 15.0. The van der Waals surface area contributed by atoms with E-state index in [9.17, 15) is 5.26 Å². The van der Waals surface area contributed by atoms with E-state index in [2.05, 4.69) is 56.2 Å². The lowest BCUT2D eigenvalue weighted by atomic mass is 9.74. The van der Waals surface area contributed by atoms with Crippen LogP contribution >= 0.6 is 0 Å². The summed E-state index contributed by atoms with van der Waals surface area (Å²) in [7, 11) is 8.34. The molecule has 21 heavy (non-hydrogen) atoms. The maximum absolute atomic E-state index is 9.88. The molecule has 3 nitrogen and oxygen atoms in total. The lowest BCUT2D eigenvalue weighted by Gasteiger charge is -2.28. The fourth-order valence-corrected chi connectivity index (χ4v) is 2.74. The van der Waals surface area contributed by atoms with Gasteiger partial charge in [-0.25, -0.2) is 0 Å². The molecule has 116 valence electrons. The molecular weight excluding hydrogens is 258 g/mol. The topological polar surface area (TPSA) is 30.3 Å². The van der Waals surface area contributed by atoms with Crippen LogP contribution in [0.5, 0.6) is 0 Å². The second kappa shape index (κ2) is 8.81. The normalized spacial score (nSPS) is 11.9. The van der Waals surface area contributed by atoms with E-state index < -0.39 is 0 Å². The van der Waals surface area contributed by atoms with Gasteiger partial charge in [0.2, 0.25) is 0 Å². The van der Waals surface area contributed by atoms with Gasteiger partial charge in [-0.1, -0.05) is 30.3 Å². The van der Waals surface area contributed by atoms with Gasteiger partial charge in [0.25, 0.3) is 0 Å². The average molecular weight is 287 g/mol. The third-order valence-corrected chi connectivity index (χ3v) is 3.96. The summed E-state index contributed by atoms with van der Waals surface area (Å²) in [5.41, 5.74) is 0.831. The maximum atomic E-state index is 9.88. The van der Waals surface area contributed by atoms with Crippen LogP contribution in [0, 0.1) is 11.3 Å². The fraction of sp³-hybridized carbons (Fsp3) is 0.611. The van der Waals surface area contributed by atoms with Crippen LogP contribution in [0.25, 0.3) is 0 Å². The Labute approximate surface area is 130 Å². The summed E-state index contributed by atoms with van der Waals surface area (Å²) in [4.78, 5) is 4.37. The summed E-state index contributed by atoms with van der Waals surface area (Å²) in [6.07, 6.45) is 3.97. The lowest BCUT2D eigenvalue weighted by Crippen LogP contribution is -2.27. The predicted molar refractivity (Wildman–Crippen MR) is 89.3 cm³/mol. The van der Waals surface area contributed by atoms with Gasteiger partial charge < -0.3 is 9.80 Å². The van der Waals surface area contributed by atoms with Gasteiger partial charge in [-0.2, -0.15) is 5.26 Å². The van der Waals surface area contributed by atoms with Crippen LogP contribution in [-0.4, -0.2) is 51.1 Å². The molecule has 0 radical (unpaired) electrons. The summed E-state index contributed by atoms with van der Waals surface area (Å²) < 4.78 is 0. The number of nitriles is 1. The molecule has 0 unspecified atom stereocenters. The van der Waals surface area contributed by atoms with Gasteiger partial charge in [0.15, 0.2) is 0 Å². The summed E-state index contributed by atoms with van der Waals surface area (Å²) in [6, 6.07) is 13.0. The van der Waals surface area contributed by atoms with Gasteiger partial charge in [0.05, 0.1) is 11.5 Å². The second-order valence-corrected chi connectivity index (χ2v) is 6.37. The van der Waals surface area contributed by atoms with Crippen molar-refractivity contribution in [2.45, 2.75) is 31.1 Å². The molecule has 0 heterocycles. The molecule has 0 aliphatic heterocycles. The Hall–Kier alpha value is -1.37. The molecule has 0 saturated heterocycles. The van der Waals surface area contributed by atoms with Crippen LogP contribution in [0.1, 0.15) is 31.2 Å². The molecule has 1 aromatic carbocycles. The minimum Gasteiger partial charge on any atom is -0.309 e. The zero-order chi connectivity index (χ0) is 15.7. The molecular formula is C18H29N3. The first-order chi connectivity index (χ1) is 10.00. The highest BCUT2D eigenvalue weighted by molar-refractivity contribution is 5.32. The molecule has 0 atom stereocenters. The van der Waals surface area contributed by atoms with Crippen molar-refractivity contribution in [3.8, 4) is 6.07 Å². The number of nitrogens with zero attached hydrogens (tertiary/aromatic N) is 3. The van der Waals surface area contributed by atoms with Crippen molar-refractivity contribution >= 4 is 0 Å². The summed E-state index contributed by atoms with van der Waals surface area (Å²) >= 11 is 0. The Morgan fingerprint density at radius 2 is 1.38 bits per heavy atom. The third kappa shape index (κ3) is 5.87. The number of hydrogen-bond acceptors (Lipinski definition) is 3. The van der Waals surface area contributed by atoms with Crippen LogP contribution in [-0.2, 0) is 5.41 Å². The van der Waals surface area contributed by atoms with Crippen LogP contribution < -0.4 is 0 Å². The highest BCUT2D eigenvalue weighted by Crippen LogP contribution is 2.33. The maximum Gasteiger partial charge on any atom is 0.0823 e. The summed E-state index contributed by atoms with van der Waals surface area (Å²) in [5, 5.41) is 9.88. The SMILES string of the molecule is CN(C)CCCC(C#N)(CCCN(C)C)c1ccccc1. The number of rotatable bonds is 9. The minimum absolute atomic E-state index is 0.340. The summed E-state index contributed by atoms with van der Waals surface area (Å²) in [5.74, 6) is 0. The monoisotopic (exact) mass is 287 g/mol. The smallest absolute Gasteiger partial charge is 0.0823 e. The molecule has 1 rings (SSSR count). The predicted octanol–water partition coefficient (Wildman–Crippen LogP) is 3.13. The zero-order valence-electron chi connectivity index (χ0n) is 14.0. The van der Waals surface area contributed by atoms with Crippen LogP contribution in [0.2, 0.25) is 0 Å². The van der Waals surface area contributed by atoms with E-state index in [0.717, 1.165) is 38.8 Å². The molecule has 0 fully saturated rings. The van der Waals surface area contributed by atoms with Crippen molar-refractivity contribution in [2.24, 2.45) is 0 Å². The largest absolute Gasteiger partial charge is 0.309 e. The quantitative estimate of drug-likeness (QED) is 0.699. The minimum atomic E-state index is -0.340. The van der Waals surface area contributed by atoms with Crippen molar-refractivity contribution in [3.05, 3.63) is 35.9 Å². The average Bonchev–Trinajstić information content (AvgIpc) is 2.46. The molecule has 0 amide bonds. The molecule has 1 aromatic rings. The Kier molecular flexibility index (Phi) is 7.42. The van der Waals surface area contributed by atoms with Crippen molar-refractivity contribution in [2.75, 3.05) is 41.3 Å². The van der Waals surface area contributed by atoms with Crippen molar-refractivity contribution in [1.29, 1.82) is 5.26 Å². The van der Waals surface area contributed by atoms with Crippen molar-refractivity contribution in [1.82, 2.24) is 9.80 Å².